The van der Waals surface area contributed by atoms with E-state index in [2.05, 4.69) is 25.6 Å². The summed E-state index contributed by atoms with van der Waals surface area (Å²) in [5.74, 6) is 0. The summed E-state index contributed by atoms with van der Waals surface area (Å²) in [4.78, 5) is 0. The second-order valence-electron chi connectivity index (χ2n) is 3.06. The van der Waals surface area contributed by atoms with Gasteiger partial charge < -0.3 is 0 Å². The van der Waals surface area contributed by atoms with E-state index in [-0.39, 0.29) is 0 Å². The fourth-order valence-corrected chi connectivity index (χ4v) is 2.96. The van der Waals surface area contributed by atoms with E-state index in [1.54, 1.807) is 0 Å². The molecule has 0 amide bonds. The van der Waals surface area contributed by atoms with Crippen LogP contribution in [0, 0.1) is 0 Å². The Morgan fingerprint density at radius 1 is 1.14 bits per heavy atom. The Balaban J connectivity index is 2.26. The first kappa shape index (κ1) is 4.25. The number of hydrogen-bond donors (Lipinski definition) is 0. The SMILES string of the molecule is CC12CCC1(C)S2. The standard InChI is InChI=1S/C6H10S/c1-5-3-4-6(5,2)7-5/h3-4H2,1-2H3. The summed E-state index contributed by atoms with van der Waals surface area (Å²) >= 11 is 2.16. The highest BCUT2D eigenvalue weighted by Crippen LogP contribution is 2.75. The van der Waals surface area contributed by atoms with Crippen LogP contribution in [0.25, 0.3) is 0 Å². The predicted molar refractivity (Wildman–Crippen MR) is 33.6 cm³/mol. The van der Waals surface area contributed by atoms with Gasteiger partial charge in [-0.05, 0) is 26.7 Å². The highest BCUT2D eigenvalue weighted by Gasteiger charge is 2.69. The van der Waals surface area contributed by atoms with Crippen molar-refractivity contribution in [3.8, 4) is 0 Å². The molecule has 2 rings (SSSR count). The van der Waals surface area contributed by atoms with Crippen LogP contribution >= 0.6 is 11.8 Å². The van der Waals surface area contributed by atoms with Crippen molar-refractivity contribution in [2.75, 3.05) is 0 Å². The van der Waals surface area contributed by atoms with E-state index in [1.165, 1.54) is 12.8 Å². The molecule has 2 unspecified atom stereocenters. The second kappa shape index (κ2) is 0.771. The molecule has 1 heterocycles. The van der Waals surface area contributed by atoms with Crippen molar-refractivity contribution in [2.45, 2.75) is 36.2 Å². The van der Waals surface area contributed by atoms with E-state index < -0.39 is 0 Å². The van der Waals surface area contributed by atoms with Crippen molar-refractivity contribution >= 4 is 11.8 Å². The summed E-state index contributed by atoms with van der Waals surface area (Å²) in [7, 11) is 0. The molecule has 1 saturated carbocycles. The fraction of sp³-hybridized carbons (Fsp3) is 1.00. The molecule has 2 fully saturated rings. The molecule has 1 saturated heterocycles. The van der Waals surface area contributed by atoms with Crippen LogP contribution in [0.15, 0.2) is 0 Å². The molecule has 0 spiro atoms. The third-order valence-corrected chi connectivity index (χ3v) is 4.61. The first-order valence-electron chi connectivity index (χ1n) is 2.87. The lowest BCUT2D eigenvalue weighted by Crippen LogP contribution is -2.30. The number of fused-ring (bicyclic) bond motifs is 1. The molecule has 1 aliphatic carbocycles. The highest BCUT2D eigenvalue weighted by molar-refractivity contribution is 8.10. The minimum atomic E-state index is 0.743. The van der Waals surface area contributed by atoms with E-state index in [4.69, 9.17) is 0 Å². The van der Waals surface area contributed by atoms with E-state index in [0.29, 0.717) is 0 Å². The molecule has 0 aromatic heterocycles. The zero-order valence-corrected chi connectivity index (χ0v) is 5.64. The first-order chi connectivity index (χ1) is 3.16. The average Bonchev–Trinajstić information content (AvgIpc) is 1.89. The summed E-state index contributed by atoms with van der Waals surface area (Å²) in [6.07, 6.45) is 2.93. The average molecular weight is 114 g/mol. The van der Waals surface area contributed by atoms with Gasteiger partial charge in [-0.15, -0.1) is 11.8 Å². The van der Waals surface area contributed by atoms with Gasteiger partial charge in [0.25, 0.3) is 0 Å². The number of hydrogen-bond acceptors (Lipinski definition) is 1. The van der Waals surface area contributed by atoms with Crippen LogP contribution < -0.4 is 0 Å². The van der Waals surface area contributed by atoms with Gasteiger partial charge in [-0.25, -0.2) is 0 Å². The summed E-state index contributed by atoms with van der Waals surface area (Å²) in [6.45, 7) is 4.75. The molecule has 0 aromatic carbocycles. The van der Waals surface area contributed by atoms with Crippen LogP contribution in [-0.2, 0) is 0 Å². The molecule has 1 heteroatoms. The minimum absolute atomic E-state index is 0.743. The predicted octanol–water partition coefficient (Wildman–Crippen LogP) is 2.04. The van der Waals surface area contributed by atoms with Crippen molar-refractivity contribution in [2.24, 2.45) is 0 Å². The maximum Gasteiger partial charge on any atom is 0.0282 e. The van der Waals surface area contributed by atoms with Gasteiger partial charge in [-0.1, -0.05) is 0 Å². The minimum Gasteiger partial charge on any atom is -0.146 e. The molecular formula is C6H10S. The van der Waals surface area contributed by atoms with Gasteiger partial charge in [0.15, 0.2) is 0 Å². The van der Waals surface area contributed by atoms with Gasteiger partial charge >= 0.3 is 0 Å². The molecule has 0 N–H and O–H groups in total. The molecule has 2 atom stereocenters. The van der Waals surface area contributed by atoms with Gasteiger partial charge in [-0.2, -0.15) is 0 Å². The zero-order valence-electron chi connectivity index (χ0n) is 4.82. The third kappa shape index (κ3) is 0.290. The second-order valence-corrected chi connectivity index (χ2v) is 5.07. The van der Waals surface area contributed by atoms with Crippen LogP contribution in [0.3, 0.4) is 0 Å². The fourth-order valence-electron chi connectivity index (χ4n) is 1.40. The molecule has 0 radical (unpaired) electrons. The van der Waals surface area contributed by atoms with Crippen LogP contribution in [-0.4, -0.2) is 9.49 Å². The molecule has 2 aliphatic rings. The smallest absolute Gasteiger partial charge is 0.0282 e. The molecule has 0 nitrogen and oxygen atoms in total. The van der Waals surface area contributed by atoms with Crippen molar-refractivity contribution in [3.63, 3.8) is 0 Å². The zero-order chi connectivity index (χ0) is 5.12. The van der Waals surface area contributed by atoms with Gasteiger partial charge in [-0.3, -0.25) is 0 Å². The van der Waals surface area contributed by atoms with Gasteiger partial charge in [0.1, 0.15) is 0 Å². The van der Waals surface area contributed by atoms with Gasteiger partial charge in [0, 0.05) is 9.49 Å². The Kier molecular flexibility index (Phi) is 0.468. The van der Waals surface area contributed by atoms with Crippen molar-refractivity contribution in [3.05, 3.63) is 0 Å². The molecule has 40 valence electrons. The molecule has 7 heavy (non-hydrogen) atoms. The van der Waals surface area contributed by atoms with Crippen LogP contribution in [0.2, 0.25) is 0 Å². The molecule has 1 aliphatic heterocycles. The summed E-state index contributed by atoms with van der Waals surface area (Å²) in [6, 6.07) is 0. The van der Waals surface area contributed by atoms with Gasteiger partial charge in [0.05, 0.1) is 0 Å². The maximum atomic E-state index is 2.38. The molecule has 0 aromatic rings. The number of thioether (sulfide) groups is 1. The number of rotatable bonds is 0. The van der Waals surface area contributed by atoms with Gasteiger partial charge in [0.2, 0.25) is 0 Å². The Hall–Kier alpha value is 0.350. The van der Waals surface area contributed by atoms with Crippen molar-refractivity contribution < 1.29 is 0 Å². The molecule has 0 bridgehead atoms. The quantitative estimate of drug-likeness (QED) is 0.434. The lowest BCUT2D eigenvalue weighted by molar-refractivity contribution is 0.376. The summed E-state index contributed by atoms with van der Waals surface area (Å²) in [5, 5.41) is 0. The summed E-state index contributed by atoms with van der Waals surface area (Å²) in [5.41, 5.74) is 0. The highest BCUT2D eigenvalue weighted by atomic mass is 32.2. The van der Waals surface area contributed by atoms with E-state index in [9.17, 15) is 0 Å². The normalized spacial score (nSPS) is 66.0. The Morgan fingerprint density at radius 3 is 1.57 bits per heavy atom. The van der Waals surface area contributed by atoms with Crippen LogP contribution in [0.5, 0.6) is 0 Å². The summed E-state index contributed by atoms with van der Waals surface area (Å²) < 4.78 is 1.49. The third-order valence-electron chi connectivity index (χ3n) is 2.61. The monoisotopic (exact) mass is 114 g/mol. The van der Waals surface area contributed by atoms with Crippen molar-refractivity contribution in [1.82, 2.24) is 0 Å². The Bertz CT molecular complexity index is 107. The van der Waals surface area contributed by atoms with E-state index >= 15 is 0 Å². The van der Waals surface area contributed by atoms with E-state index in [0.717, 1.165) is 9.49 Å². The maximum absolute atomic E-state index is 2.38. The Morgan fingerprint density at radius 2 is 1.57 bits per heavy atom. The van der Waals surface area contributed by atoms with E-state index in [1.807, 2.05) is 0 Å². The largest absolute Gasteiger partial charge is 0.146 e. The molecular weight excluding hydrogens is 104 g/mol. The lowest BCUT2D eigenvalue weighted by atomic mass is 9.77. The van der Waals surface area contributed by atoms with Crippen LogP contribution in [0.1, 0.15) is 26.7 Å². The van der Waals surface area contributed by atoms with Crippen molar-refractivity contribution in [1.29, 1.82) is 0 Å². The lowest BCUT2D eigenvalue weighted by Gasteiger charge is -2.25. The topological polar surface area (TPSA) is 0 Å². The Labute approximate surface area is 48.7 Å². The van der Waals surface area contributed by atoms with Crippen LogP contribution in [0.4, 0.5) is 0 Å². The first-order valence-corrected chi connectivity index (χ1v) is 3.68.